The molecule has 118 valence electrons. The van der Waals surface area contributed by atoms with Gasteiger partial charge in [0, 0.05) is 7.05 Å². The lowest BCUT2D eigenvalue weighted by atomic mass is 10.3. The lowest BCUT2D eigenvalue weighted by Gasteiger charge is -2.08. The van der Waals surface area contributed by atoms with E-state index in [1.807, 2.05) is 6.07 Å². The first-order valence-corrected chi connectivity index (χ1v) is 7.25. The first kappa shape index (κ1) is 15.3. The molecule has 0 aliphatic heterocycles. The van der Waals surface area contributed by atoms with Crippen molar-refractivity contribution in [3.05, 3.63) is 63.8 Å². The summed E-state index contributed by atoms with van der Waals surface area (Å²) in [6.45, 7) is -0.216. The molecule has 0 spiro atoms. The van der Waals surface area contributed by atoms with Crippen LogP contribution in [0, 0.1) is 5.82 Å². The number of anilines is 1. The third-order valence-corrected chi connectivity index (χ3v) is 3.87. The molecule has 0 bridgehead atoms. The van der Waals surface area contributed by atoms with E-state index in [1.54, 1.807) is 25.2 Å². The zero-order chi connectivity index (χ0) is 16.6. The van der Waals surface area contributed by atoms with E-state index in [4.69, 9.17) is 11.6 Å². The molecule has 3 aromatic rings. The van der Waals surface area contributed by atoms with Crippen molar-refractivity contribution in [2.45, 2.75) is 6.54 Å². The number of imidazole rings is 1. The van der Waals surface area contributed by atoms with E-state index >= 15 is 0 Å². The molecule has 0 aliphatic rings. The molecule has 7 heteroatoms. The maximum Gasteiger partial charge on any atom is 0.329 e. The Bertz CT molecular complexity index is 962. The van der Waals surface area contributed by atoms with Crippen molar-refractivity contribution in [3.8, 4) is 0 Å². The molecule has 0 fully saturated rings. The molecule has 1 aromatic heterocycles. The number of aromatic nitrogens is 2. The van der Waals surface area contributed by atoms with Crippen LogP contribution in [0.25, 0.3) is 11.0 Å². The highest BCUT2D eigenvalue weighted by Crippen LogP contribution is 2.22. The van der Waals surface area contributed by atoms with Gasteiger partial charge in [0.25, 0.3) is 0 Å². The van der Waals surface area contributed by atoms with Crippen LogP contribution in [-0.2, 0) is 18.4 Å². The van der Waals surface area contributed by atoms with Crippen molar-refractivity contribution in [1.82, 2.24) is 9.13 Å². The molecular formula is C16H13ClFN3O2. The Labute approximate surface area is 135 Å². The van der Waals surface area contributed by atoms with Crippen LogP contribution in [0.3, 0.4) is 0 Å². The molecule has 23 heavy (non-hydrogen) atoms. The van der Waals surface area contributed by atoms with Gasteiger partial charge in [0.2, 0.25) is 5.91 Å². The lowest BCUT2D eigenvalue weighted by Crippen LogP contribution is -2.28. The van der Waals surface area contributed by atoms with Crippen LogP contribution in [-0.4, -0.2) is 15.0 Å². The third-order valence-electron chi connectivity index (χ3n) is 3.58. The van der Waals surface area contributed by atoms with E-state index in [0.29, 0.717) is 5.52 Å². The highest BCUT2D eigenvalue weighted by atomic mass is 35.5. The molecule has 1 N–H and O–H groups in total. The Morgan fingerprint density at radius 2 is 1.87 bits per heavy atom. The molecule has 1 amide bonds. The van der Waals surface area contributed by atoms with Gasteiger partial charge in [-0.2, -0.15) is 0 Å². The van der Waals surface area contributed by atoms with Gasteiger partial charge < -0.3 is 5.32 Å². The molecule has 0 saturated heterocycles. The Kier molecular flexibility index (Phi) is 3.92. The number of hydrogen-bond donors (Lipinski definition) is 1. The van der Waals surface area contributed by atoms with Gasteiger partial charge in [0.1, 0.15) is 6.54 Å². The topological polar surface area (TPSA) is 56.0 Å². The average Bonchev–Trinajstić information content (AvgIpc) is 2.77. The first-order chi connectivity index (χ1) is 11.0. The highest BCUT2D eigenvalue weighted by molar-refractivity contribution is 6.31. The van der Waals surface area contributed by atoms with Gasteiger partial charge in [0.15, 0.2) is 5.82 Å². The molecule has 0 aliphatic carbocycles. The summed E-state index contributed by atoms with van der Waals surface area (Å²) in [5.74, 6) is -1.21. The van der Waals surface area contributed by atoms with Crippen molar-refractivity contribution in [1.29, 1.82) is 0 Å². The van der Waals surface area contributed by atoms with Crippen molar-refractivity contribution < 1.29 is 9.18 Å². The van der Waals surface area contributed by atoms with Crippen LogP contribution in [0.15, 0.2) is 47.3 Å². The van der Waals surface area contributed by atoms with E-state index < -0.39 is 11.7 Å². The molecule has 0 unspecified atom stereocenters. The standard InChI is InChI=1S/C16H13ClFN3O2/c1-20-12-7-2-3-8-13(12)21(16(20)23)9-14(22)19-11-6-4-5-10(17)15(11)18/h2-8H,9H2,1H3,(H,19,22). The Morgan fingerprint density at radius 1 is 1.17 bits per heavy atom. The van der Waals surface area contributed by atoms with Gasteiger partial charge >= 0.3 is 5.69 Å². The smallest absolute Gasteiger partial charge is 0.322 e. The molecule has 5 nitrogen and oxygen atoms in total. The van der Waals surface area contributed by atoms with Crippen molar-refractivity contribution in [3.63, 3.8) is 0 Å². The second kappa shape index (κ2) is 5.89. The van der Waals surface area contributed by atoms with Crippen molar-refractivity contribution >= 4 is 34.2 Å². The fourth-order valence-electron chi connectivity index (χ4n) is 2.45. The Hall–Kier alpha value is -2.60. The zero-order valence-corrected chi connectivity index (χ0v) is 13.0. The van der Waals surface area contributed by atoms with Crippen LogP contribution in [0.2, 0.25) is 5.02 Å². The summed E-state index contributed by atoms with van der Waals surface area (Å²) in [7, 11) is 1.63. The van der Waals surface area contributed by atoms with Crippen molar-refractivity contribution in [2.24, 2.45) is 7.05 Å². The number of benzene rings is 2. The molecular weight excluding hydrogens is 321 g/mol. The monoisotopic (exact) mass is 333 g/mol. The van der Waals surface area contributed by atoms with E-state index in [-0.39, 0.29) is 22.9 Å². The molecule has 0 saturated carbocycles. The molecule has 3 rings (SSSR count). The maximum atomic E-state index is 13.8. The molecule has 0 atom stereocenters. The number of fused-ring (bicyclic) bond motifs is 1. The fourth-order valence-corrected chi connectivity index (χ4v) is 2.62. The highest BCUT2D eigenvalue weighted by Gasteiger charge is 2.15. The zero-order valence-electron chi connectivity index (χ0n) is 12.2. The number of rotatable bonds is 3. The van der Waals surface area contributed by atoms with Gasteiger partial charge in [0.05, 0.1) is 21.7 Å². The number of para-hydroxylation sites is 2. The van der Waals surface area contributed by atoms with E-state index in [1.165, 1.54) is 27.3 Å². The van der Waals surface area contributed by atoms with E-state index in [9.17, 15) is 14.0 Å². The van der Waals surface area contributed by atoms with Crippen LogP contribution in [0.5, 0.6) is 0 Å². The number of nitrogens with one attached hydrogen (secondary N) is 1. The van der Waals surface area contributed by atoms with Crippen LogP contribution in [0.1, 0.15) is 0 Å². The number of carbonyl (C=O) groups excluding carboxylic acids is 1. The SMILES string of the molecule is Cn1c(=O)n(CC(=O)Nc2cccc(Cl)c2F)c2ccccc21. The quantitative estimate of drug-likeness (QED) is 0.801. The van der Waals surface area contributed by atoms with E-state index in [0.717, 1.165) is 5.52 Å². The maximum absolute atomic E-state index is 13.8. The summed E-state index contributed by atoms with van der Waals surface area (Å²) in [4.78, 5) is 24.4. The molecule has 0 radical (unpaired) electrons. The summed E-state index contributed by atoms with van der Waals surface area (Å²) < 4.78 is 16.6. The number of hydrogen-bond acceptors (Lipinski definition) is 2. The fraction of sp³-hybridized carbons (Fsp3) is 0.125. The molecule has 2 aromatic carbocycles. The largest absolute Gasteiger partial charge is 0.329 e. The van der Waals surface area contributed by atoms with Crippen LogP contribution < -0.4 is 11.0 Å². The number of amides is 1. The van der Waals surface area contributed by atoms with Gasteiger partial charge in [-0.05, 0) is 24.3 Å². The number of aryl methyl sites for hydroxylation is 1. The molecule has 1 heterocycles. The van der Waals surface area contributed by atoms with Gasteiger partial charge in [-0.3, -0.25) is 13.9 Å². The Balaban J connectivity index is 1.91. The second-order valence-electron chi connectivity index (χ2n) is 5.07. The summed E-state index contributed by atoms with van der Waals surface area (Å²) in [5.41, 5.74) is 1.03. The lowest BCUT2D eigenvalue weighted by molar-refractivity contribution is -0.116. The third kappa shape index (κ3) is 2.73. The minimum Gasteiger partial charge on any atom is -0.322 e. The van der Waals surface area contributed by atoms with Gasteiger partial charge in [-0.15, -0.1) is 0 Å². The average molecular weight is 334 g/mol. The number of nitrogens with zero attached hydrogens (tertiary/aromatic N) is 2. The number of halogens is 2. The predicted octanol–water partition coefficient (Wildman–Crippen LogP) is 2.77. The number of carbonyl (C=O) groups is 1. The van der Waals surface area contributed by atoms with Gasteiger partial charge in [-0.1, -0.05) is 29.8 Å². The summed E-state index contributed by atoms with van der Waals surface area (Å²) >= 11 is 5.68. The summed E-state index contributed by atoms with van der Waals surface area (Å²) in [6.07, 6.45) is 0. The minimum absolute atomic E-state index is 0.0178. The summed E-state index contributed by atoms with van der Waals surface area (Å²) in [5, 5.41) is 2.35. The van der Waals surface area contributed by atoms with Crippen LogP contribution >= 0.6 is 11.6 Å². The second-order valence-corrected chi connectivity index (χ2v) is 5.47. The van der Waals surface area contributed by atoms with E-state index in [2.05, 4.69) is 5.32 Å². The minimum atomic E-state index is -0.701. The predicted molar refractivity (Wildman–Crippen MR) is 87.2 cm³/mol. The normalized spacial score (nSPS) is 10.9. The van der Waals surface area contributed by atoms with Crippen molar-refractivity contribution in [2.75, 3.05) is 5.32 Å². The Morgan fingerprint density at radius 3 is 2.61 bits per heavy atom. The van der Waals surface area contributed by atoms with Gasteiger partial charge in [-0.25, -0.2) is 9.18 Å². The summed E-state index contributed by atoms with van der Waals surface area (Å²) in [6, 6.07) is 11.5. The first-order valence-electron chi connectivity index (χ1n) is 6.87. The van der Waals surface area contributed by atoms with Crippen LogP contribution in [0.4, 0.5) is 10.1 Å².